The summed E-state index contributed by atoms with van der Waals surface area (Å²) in [5.74, 6) is 0.163. The Balaban J connectivity index is 1.76. The predicted molar refractivity (Wildman–Crippen MR) is 78.9 cm³/mol. The van der Waals surface area contributed by atoms with Crippen molar-refractivity contribution in [2.75, 3.05) is 42.9 Å². The molecule has 0 spiro atoms. The Labute approximate surface area is 124 Å². The van der Waals surface area contributed by atoms with Gasteiger partial charge in [-0.1, -0.05) is 0 Å². The number of hydrogen-bond acceptors (Lipinski definition) is 4. The molecule has 0 saturated carbocycles. The maximum Gasteiger partial charge on any atom is 0.254 e. The van der Waals surface area contributed by atoms with Crippen molar-refractivity contribution in [1.82, 2.24) is 4.90 Å². The van der Waals surface area contributed by atoms with Crippen LogP contribution in [-0.4, -0.2) is 57.8 Å². The van der Waals surface area contributed by atoms with Gasteiger partial charge in [-0.05, 0) is 30.7 Å². The summed E-state index contributed by atoms with van der Waals surface area (Å²) in [7, 11) is -3.17. The van der Waals surface area contributed by atoms with Gasteiger partial charge >= 0.3 is 0 Å². The molecule has 2 aliphatic heterocycles. The third-order valence-electron chi connectivity index (χ3n) is 3.80. The molecule has 0 aromatic heterocycles. The Kier molecular flexibility index (Phi) is 3.86. The van der Waals surface area contributed by atoms with Gasteiger partial charge in [-0.2, -0.15) is 0 Å². The van der Waals surface area contributed by atoms with Gasteiger partial charge in [-0.3, -0.25) is 9.10 Å². The van der Waals surface area contributed by atoms with Gasteiger partial charge in [0.15, 0.2) is 0 Å². The molecule has 1 amide bonds. The first-order chi connectivity index (χ1) is 10.1. The summed E-state index contributed by atoms with van der Waals surface area (Å²) >= 11 is 0. The van der Waals surface area contributed by atoms with E-state index < -0.39 is 10.0 Å². The molecular weight excluding hydrogens is 292 g/mol. The zero-order valence-corrected chi connectivity index (χ0v) is 12.5. The zero-order chi connectivity index (χ0) is 14.9. The van der Waals surface area contributed by atoms with Crippen LogP contribution in [0.25, 0.3) is 0 Å². The fourth-order valence-corrected chi connectivity index (χ4v) is 4.21. The van der Waals surface area contributed by atoms with Crippen LogP contribution >= 0.6 is 0 Å². The van der Waals surface area contributed by atoms with Crippen LogP contribution in [0.1, 0.15) is 16.8 Å². The van der Waals surface area contributed by atoms with Gasteiger partial charge in [0.1, 0.15) is 0 Å². The molecular formula is C14H18N2O4S. The van der Waals surface area contributed by atoms with Gasteiger partial charge in [0.25, 0.3) is 5.91 Å². The van der Waals surface area contributed by atoms with Crippen molar-refractivity contribution in [2.45, 2.75) is 6.42 Å². The lowest BCUT2D eigenvalue weighted by molar-refractivity contribution is 0.0303. The molecule has 0 radical (unpaired) electrons. The smallest absolute Gasteiger partial charge is 0.254 e. The van der Waals surface area contributed by atoms with Gasteiger partial charge < -0.3 is 9.64 Å². The largest absolute Gasteiger partial charge is 0.378 e. The SMILES string of the molecule is O=C(c1ccc(N2CCCS2(=O)=O)cc1)N1CCOCC1. The number of amides is 1. The van der Waals surface area contributed by atoms with Crippen LogP contribution < -0.4 is 4.31 Å². The van der Waals surface area contributed by atoms with Crippen LogP contribution in [0, 0.1) is 0 Å². The monoisotopic (exact) mass is 310 g/mol. The van der Waals surface area contributed by atoms with Crippen molar-refractivity contribution >= 4 is 21.6 Å². The molecule has 0 aliphatic carbocycles. The molecule has 2 heterocycles. The van der Waals surface area contributed by atoms with E-state index in [1.807, 2.05) is 0 Å². The van der Waals surface area contributed by atoms with Crippen LogP contribution in [0.4, 0.5) is 5.69 Å². The molecule has 1 aromatic carbocycles. The number of benzene rings is 1. The second-order valence-electron chi connectivity index (χ2n) is 5.19. The number of hydrogen-bond donors (Lipinski definition) is 0. The third kappa shape index (κ3) is 2.89. The first kappa shape index (κ1) is 14.3. The van der Waals surface area contributed by atoms with Crippen LogP contribution in [0.2, 0.25) is 0 Å². The highest BCUT2D eigenvalue weighted by molar-refractivity contribution is 7.93. The van der Waals surface area contributed by atoms with Crippen molar-refractivity contribution in [3.63, 3.8) is 0 Å². The molecule has 1 aromatic rings. The number of carbonyl (C=O) groups excluding carboxylic acids is 1. The normalized spacial score (nSPS) is 21.5. The number of carbonyl (C=O) groups is 1. The van der Waals surface area contributed by atoms with E-state index in [9.17, 15) is 13.2 Å². The van der Waals surface area contributed by atoms with Crippen molar-refractivity contribution in [3.05, 3.63) is 29.8 Å². The lowest BCUT2D eigenvalue weighted by atomic mass is 10.1. The van der Waals surface area contributed by atoms with Crippen molar-refractivity contribution in [1.29, 1.82) is 0 Å². The lowest BCUT2D eigenvalue weighted by Crippen LogP contribution is -2.40. The summed E-state index contributed by atoms with van der Waals surface area (Å²) < 4.78 is 30.4. The number of rotatable bonds is 2. The third-order valence-corrected chi connectivity index (χ3v) is 5.67. The lowest BCUT2D eigenvalue weighted by Gasteiger charge is -2.27. The molecule has 21 heavy (non-hydrogen) atoms. The molecule has 114 valence electrons. The highest BCUT2D eigenvalue weighted by Gasteiger charge is 2.28. The van der Waals surface area contributed by atoms with Gasteiger partial charge in [-0.15, -0.1) is 0 Å². The quantitative estimate of drug-likeness (QED) is 0.806. The standard InChI is InChI=1S/C14H18N2O4S/c17-14(15-7-9-20-10-8-15)12-2-4-13(5-3-12)16-6-1-11-21(16,18)19/h2-5H,1,6-11H2. The minimum Gasteiger partial charge on any atom is -0.378 e. The maximum atomic E-state index is 12.3. The molecule has 6 nitrogen and oxygen atoms in total. The predicted octanol–water partition coefficient (Wildman–Crippen LogP) is 0.699. The van der Waals surface area contributed by atoms with Gasteiger partial charge in [0.05, 0.1) is 24.7 Å². The molecule has 2 aliphatic rings. The van der Waals surface area contributed by atoms with Crippen LogP contribution in [0.5, 0.6) is 0 Å². The number of anilines is 1. The van der Waals surface area contributed by atoms with Gasteiger partial charge in [0.2, 0.25) is 10.0 Å². The van der Waals surface area contributed by atoms with E-state index >= 15 is 0 Å². The van der Waals surface area contributed by atoms with Crippen molar-refractivity contribution < 1.29 is 17.9 Å². The molecule has 0 atom stereocenters. The number of sulfonamides is 1. The Bertz CT molecular complexity index is 621. The Morgan fingerprint density at radius 3 is 2.29 bits per heavy atom. The van der Waals surface area contributed by atoms with Gasteiger partial charge in [0, 0.05) is 25.2 Å². The Morgan fingerprint density at radius 2 is 1.71 bits per heavy atom. The van der Waals surface area contributed by atoms with E-state index in [1.165, 1.54) is 4.31 Å². The second-order valence-corrected chi connectivity index (χ2v) is 7.21. The Hall–Kier alpha value is -1.60. The first-order valence-corrected chi connectivity index (χ1v) is 8.66. The summed E-state index contributed by atoms with van der Waals surface area (Å²) in [5, 5.41) is 0. The molecule has 0 N–H and O–H groups in total. The minimum atomic E-state index is -3.17. The van der Waals surface area contributed by atoms with Crippen molar-refractivity contribution in [3.8, 4) is 0 Å². The van der Waals surface area contributed by atoms with E-state index in [0.29, 0.717) is 50.5 Å². The van der Waals surface area contributed by atoms with E-state index in [2.05, 4.69) is 0 Å². The van der Waals surface area contributed by atoms with E-state index in [-0.39, 0.29) is 11.7 Å². The molecule has 2 fully saturated rings. The maximum absolute atomic E-state index is 12.3. The average molecular weight is 310 g/mol. The van der Waals surface area contributed by atoms with Gasteiger partial charge in [-0.25, -0.2) is 8.42 Å². The molecule has 3 rings (SSSR count). The zero-order valence-electron chi connectivity index (χ0n) is 11.7. The summed E-state index contributed by atoms with van der Waals surface area (Å²) in [6.45, 7) is 2.84. The second kappa shape index (κ2) is 5.65. The van der Waals surface area contributed by atoms with Crippen LogP contribution in [0.15, 0.2) is 24.3 Å². The summed E-state index contributed by atoms with van der Waals surface area (Å²) in [6.07, 6.45) is 0.650. The minimum absolute atomic E-state index is 0.0332. The van der Waals surface area contributed by atoms with Crippen LogP contribution in [0.3, 0.4) is 0 Å². The summed E-state index contributed by atoms with van der Waals surface area (Å²) in [5.41, 5.74) is 1.21. The van der Waals surface area contributed by atoms with Crippen LogP contribution in [-0.2, 0) is 14.8 Å². The van der Waals surface area contributed by atoms with Crippen molar-refractivity contribution in [2.24, 2.45) is 0 Å². The van der Waals surface area contributed by atoms with E-state index in [4.69, 9.17) is 4.74 Å². The Morgan fingerprint density at radius 1 is 1.05 bits per heavy atom. The number of morpholine rings is 1. The highest BCUT2D eigenvalue weighted by atomic mass is 32.2. The summed E-state index contributed by atoms with van der Waals surface area (Å²) in [6, 6.07) is 6.80. The summed E-state index contributed by atoms with van der Waals surface area (Å²) in [4.78, 5) is 14.1. The topological polar surface area (TPSA) is 66.9 Å². The highest BCUT2D eigenvalue weighted by Crippen LogP contribution is 2.24. The first-order valence-electron chi connectivity index (χ1n) is 7.05. The van der Waals surface area contributed by atoms with E-state index in [0.717, 1.165) is 0 Å². The molecule has 0 bridgehead atoms. The number of nitrogens with zero attached hydrogens (tertiary/aromatic N) is 2. The fourth-order valence-electron chi connectivity index (χ4n) is 2.65. The molecule has 2 saturated heterocycles. The molecule has 7 heteroatoms. The average Bonchev–Trinajstić information content (AvgIpc) is 2.87. The molecule has 0 unspecified atom stereocenters. The fraction of sp³-hybridized carbons (Fsp3) is 0.500. The number of ether oxygens (including phenoxy) is 1. The van der Waals surface area contributed by atoms with E-state index in [1.54, 1.807) is 29.2 Å².